The molecule has 4 fully saturated rings. The molecule has 13 N–H and O–H groups in total. The fourth-order valence-corrected chi connectivity index (χ4v) is 6.87. The van der Waals surface area contributed by atoms with Gasteiger partial charge in [0.25, 0.3) is 0 Å². The van der Waals surface area contributed by atoms with E-state index in [-0.39, 0.29) is 19.0 Å². The molecule has 0 amide bonds. The second-order valence-corrected chi connectivity index (χ2v) is 14.2. The highest BCUT2D eigenvalue weighted by Crippen LogP contribution is 2.33. The Bertz CT molecular complexity index is 1120. The van der Waals surface area contributed by atoms with E-state index < -0.39 is 149 Å². The first kappa shape index (κ1) is 45.7. The van der Waals surface area contributed by atoms with Crippen molar-refractivity contribution in [2.75, 3.05) is 51.6 Å². The van der Waals surface area contributed by atoms with E-state index in [0.29, 0.717) is 11.5 Å². The number of aliphatic hydroxyl groups is 13. The SMILES string of the molecule is COC(=O)CCSCCO[C@@H]1O[C@H](CO)[C@@H](O[C@H]2O[C@H](CO)[C@@H](O[C@H]3O[C@H](CO[C@H]4O[C@H](CO)[C@@H](O)[C@H](O)[C@H]4O)[C@@H](O)[C@H](O)[C@H]3O)[C@H](O)[C@H]2O)[C@H](O)[C@H]1O. The third-order valence-electron chi connectivity index (χ3n) is 9.35. The zero-order chi connectivity index (χ0) is 39.9. The standard InChI is InChI=1S/C30H52O23S/c1-45-14(34)2-4-54-5-3-46-27-23(43)19(39)25(11(7-32)49-27)53-30-24(44)20(40)26(12(8-33)50-30)52-29-22(42)18(38)16(36)13(51-29)9-47-28-21(41)17(37)15(35)10(6-31)48-28/h10-13,15-33,35-44H,2-9H2,1H3/t10-,11-,12-,13-,15-,16-,17+,18+,19-,20-,21-,22-,23-,24-,25-,26-,27-,28+,29-,30-/m1/s1. The van der Waals surface area contributed by atoms with Crippen LogP contribution in [0.15, 0.2) is 0 Å². The predicted octanol–water partition coefficient (Wildman–Crippen LogP) is -8.43. The van der Waals surface area contributed by atoms with Crippen molar-refractivity contribution in [2.45, 2.75) is 129 Å². The molecule has 0 bridgehead atoms. The summed E-state index contributed by atoms with van der Waals surface area (Å²) >= 11 is 1.36. The van der Waals surface area contributed by atoms with Gasteiger partial charge in [0.15, 0.2) is 25.2 Å². The van der Waals surface area contributed by atoms with Crippen molar-refractivity contribution < 1.29 is 114 Å². The summed E-state index contributed by atoms with van der Waals surface area (Å²) in [6, 6.07) is 0. The van der Waals surface area contributed by atoms with Crippen molar-refractivity contribution in [3.05, 3.63) is 0 Å². The van der Waals surface area contributed by atoms with Crippen LogP contribution in [0.5, 0.6) is 0 Å². The normalized spacial score (nSPS) is 46.0. The lowest BCUT2D eigenvalue weighted by atomic mass is 9.96. The number of carbonyl (C=O) groups is 1. The van der Waals surface area contributed by atoms with Gasteiger partial charge in [0.05, 0.1) is 46.6 Å². The zero-order valence-corrected chi connectivity index (χ0v) is 29.8. The van der Waals surface area contributed by atoms with Crippen molar-refractivity contribution >= 4 is 17.7 Å². The smallest absolute Gasteiger partial charge is 0.306 e. The molecule has 0 aromatic heterocycles. The lowest BCUT2D eigenvalue weighted by molar-refractivity contribution is -0.381. The monoisotopic (exact) mass is 812 g/mol. The maximum Gasteiger partial charge on any atom is 0.306 e. The highest BCUT2D eigenvalue weighted by atomic mass is 32.2. The molecule has 0 spiro atoms. The fourth-order valence-electron chi connectivity index (χ4n) is 6.15. The van der Waals surface area contributed by atoms with E-state index in [9.17, 15) is 71.2 Å². The number of esters is 1. The van der Waals surface area contributed by atoms with E-state index in [0.717, 1.165) is 0 Å². The maximum absolute atomic E-state index is 11.2. The molecule has 316 valence electrons. The lowest BCUT2D eigenvalue weighted by Gasteiger charge is -2.48. The number of rotatable bonds is 17. The van der Waals surface area contributed by atoms with Crippen LogP contribution in [0.4, 0.5) is 0 Å². The number of hydrogen-bond acceptors (Lipinski definition) is 24. The summed E-state index contributed by atoms with van der Waals surface area (Å²) in [6.45, 7) is -3.09. The number of thioether (sulfide) groups is 1. The lowest BCUT2D eigenvalue weighted by Crippen LogP contribution is -2.66. The second kappa shape index (κ2) is 21.1. The first-order valence-corrected chi connectivity index (χ1v) is 18.3. The molecule has 4 heterocycles. The van der Waals surface area contributed by atoms with Crippen molar-refractivity contribution in [2.24, 2.45) is 0 Å². The zero-order valence-electron chi connectivity index (χ0n) is 29.0. The van der Waals surface area contributed by atoms with Crippen LogP contribution in [0.3, 0.4) is 0 Å². The van der Waals surface area contributed by atoms with Gasteiger partial charge in [-0.3, -0.25) is 4.79 Å². The van der Waals surface area contributed by atoms with Crippen LogP contribution in [-0.2, 0) is 47.4 Å². The van der Waals surface area contributed by atoms with Gasteiger partial charge in [0, 0.05) is 11.5 Å². The predicted molar refractivity (Wildman–Crippen MR) is 172 cm³/mol. The van der Waals surface area contributed by atoms with Gasteiger partial charge >= 0.3 is 5.97 Å². The van der Waals surface area contributed by atoms with Gasteiger partial charge in [-0.1, -0.05) is 0 Å². The summed E-state index contributed by atoms with van der Waals surface area (Å²) in [6.07, 6.45) is -34.2. The molecule has 20 atom stereocenters. The number of ether oxygens (including phenoxy) is 9. The summed E-state index contributed by atoms with van der Waals surface area (Å²) in [4.78, 5) is 11.2. The molecule has 4 aliphatic rings. The summed E-state index contributed by atoms with van der Waals surface area (Å²) in [7, 11) is 1.27. The quantitative estimate of drug-likeness (QED) is 0.0479. The van der Waals surface area contributed by atoms with Gasteiger partial charge in [-0.15, -0.1) is 0 Å². The Labute approximate surface area is 312 Å². The Kier molecular flexibility index (Phi) is 17.9. The van der Waals surface area contributed by atoms with Crippen molar-refractivity contribution in [3.63, 3.8) is 0 Å². The Morgan fingerprint density at radius 3 is 1.48 bits per heavy atom. The average Bonchev–Trinajstić information content (AvgIpc) is 3.17. The Morgan fingerprint density at radius 1 is 0.519 bits per heavy atom. The topological polar surface area (TPSA) is 363 Å². The average molecular weight is 813 g/mol. The Hall–Kier alpha value is -1.02. The highest BCUT2D eigenvalue weighted by Gasteiger charge is 2.54. The maximum atomic E-state index is 11.2. The minimum absolute atomic E-state index is 0.0294. The summed E-state index contributed by atoms with van der Waals surface area (Å²) < 4.78 is 48.7. The fraction of sp³-hybridized carbons (Fsp3) is 0.967. The molecule has 0 aromatic rings. The van der Waals surface area contributed by atoms with Crippen LogP contribution < -0.4 is 0 Å². The van der Waals surface area contributed by atoms with E-state index >= 15 is 0 Å². The number of methoxy groups -OCH3 is 1. The van der Waals surface area contributed by atoms with Crippen LogP contribution in [0.1, 0.15) is 6.42 Å². The van der Waals surface area contributed by atoms with E-state index in [1.165, 1.54) is 18.9 Å². The summed E-state index contributed by atoms with van der Waals surface area (Å²) in [5.74, 6) is 0.449. The molecule has 4 saturated heterocycles. The third-order valence-corrected chi connectivity index (χ3v) is 10.3. The molecular weight excluding hydrogens is 760 g/mol. The van der Waals surface area contributed by atoms with Crippen molar-refractivity contribution in [1.29, 1.82) is 0 Å². The molecule has 0 saturated carbocycles. The molecular formula is C30H52O23S. The molecule has 4 rings (SSSR count). The van der Waals surface area contributed by atoms with Crippen LogP contribution in [0.2, 0.25) is 0 Å². The second-order valence-electron chi connectivity index (χ2n) is 13.0. The Balaban J connectivity index is 1.34. The van der Waals surface area contributed by atoms with Gasteiger partial charge in [-0.05, 0) is 0 Å². The molecule has 24 heteroatoms. The molecule has 0 radical (unpaired) electrons. The van der Waals surface area contributed by atoms with Crippen LogP contribution in [0.25, 0.3) is 0 Å². The van der Waals surface area contributed by atoms with E-state index in [4.69, 9.17) is 37.9 Å². The van der Waals surface area contributed by atoms with Gasteiger partial charge in [-0.25, -0.2) is 0 Å². The first-order chi connectivity index (χ1) is 25.7. The summed E-state index contributed by atoms with van der Waals surface area (Å²) in [5.41, 5.74) is 0. The minimum Gasteiger partial charge on any atom is -0.469 e. The first-order valence-electron chi connectivity index (χ1n) is 17.1. The number of hydrogen-bond donors (Lipinski definition) is 13. The van der Waals surface area contributed by atoms with E-state index in [1.807, 2.05) is 0 Å². The third kappa shape index (κ3) is 10.7. The highest BCUT2D eigenvalue weighted by molar-refractivity contribution is 7.99. The van der Waals surface area contributed by atoms with Crippen molar-refractivity contribution in [3.8, 4) is 0 Å². The van der Waals surface area contributed by atoms with Crippen LogP contribution in [0, 0.1) is 0 Å². The summed E-state index contributed by atoms with van der Waals surface area (Å²) in [5, 5.41) is 135. The van der Waals surface area contributed by atoms with Crippen LogP contribution >= 0.6 is 11.8 Å². The molecule has 23 nitrogen and oxygen atoms in total. The molecule has 54 heavy (non-hydrogen) atoms. The number of carbonyl (C=O) groups excluding carboxylic acids is 1. The largest absolute Gasteiger partial charge is 0.469 e. The van der Waals surface area contributed by atoms with Gasteiger partial charge in [-0.2, -0.15) is 11.8 Å². The number of aliphatic hydroxyl groups excluding tert-OH is 13. The van der Waals surface area contributed by atoms with Gasteiger partial charge in [0.1, 0.15) is 97.7 Å². The van der Waals surface area contributed by atoms with Crippen LogP contribution in [-0.4, -0.2) is 247 Å². The molecule has 0 aromatic carbocycles. The van der Waals surface area contributed by atoms with Crippen molar-refractivity contribution in [1.82, 2.24) is 0 Å². The van der Waals surface area contributed by atoms with Gasteiger partial charge < -0.3 is 109 Å². The van der Waals surface area contributed by atoms with Gasteiger partial charge in [0.2, 0.25) is 0 Å². The molecule has 0 unspecified atom stereocenters. The minimum atomic E-state index is -2.01. The van der Waals surface area contributed by atoms with E-state index in [1.54, 1.807) is 0 Å². The molecule has 4 aliphatic heterocycles. The Morgan fingerprint density at radius 2 is 0.944 bits per heavy atom. The molecule has 0 aliphatic carbocycles. The van der Waals surface area contributed by atoms with E-state index in [2.05, 4.69) is 4.74 Å².